The van der Waals surface area contributed by atoms with Crippen LogP contribution in [0.5, 0.6) is 0 Å². The van der Waals surface area contributed by atoms with Gasteiger partial charge >= 0.3 is 0 Å². The first-order chi connectivity index (χ1) is 10.2. The number of carbonyl (C=O) groups is 1. The summed E-state index contributed by atoms with van der Waals surface area (Å²) in [5.41, 5.74) is 1.20. The molecule has 6 nitrogen and oxygen atoms in total. The lowest BCUT2D eigenvalue weighted by molar-refractivity contribution is 0.102. The molecule has 0 bridgehead atoms. The number of aromatic nitrogens is 3. The molecule has 1 saturated heterocycles. The molecule has 0 aliphatic carbocycles. The van der Waals surface area contributed by atoms with Crippen molar-refractivity contribution in [3.05, 3.63) is 28.9 Å². The predicted octanol–water partition coefficient (Wildman–Crippen LogP) is 2.48. The smallest absolute Gasteiger partial charge is 0.277 e. The van der Waals surface area contributed by atoms with Gasteiger partial charge in [-0.05, 0) is 38.3 Å². The molecule has 0 saturated carbocycles. The van der Waals surface area contributed by atoms with E-state index in [9.17, 15) is 4.79 Å². The van der Waals surface area contributed by atoms with Crippen molar-refractivity contribution >= 4 is 28.2 Å². The Morgan fingerprint density at radius 1 is 1.24 bits per heavy atom. The van der Waals surface area contributed by atoms with Gasteiger partial charge in [-0.25, -0.2) is 4.98 Å². The molecule has 3 heterocycles. The zero-order valence-corrected chi connectivity index (χ0v) is 12.7. The van der Waals surface area contributed by atoms with E-state index >= 15 is 0 Å². The van der Waals surface area contributed by atoms with Crippen molar-refractivity contribution in [2.75, 3.05) is 23.3 Å². The van der Waals surface area contributed by atoms with Crippen molar-refractivity contribution in [2.45, 2.75) is 26.2 Å². The van der Waals surface area contributed by atoms with E-state index in [0.717, 1.165) is 24.6 Å². The number of aryl methyl sites for hydroxylation is 1. The molecule has 1 amide bonds. The first-order valence-electron chi connectivity index (χ1n) is 7.04. The summed E-state index contributed by atoms with van der Waals surface area (Å²) in [5, 5.41) is 13.4. The third-order valence-corrected chi connectivity index (χ3v) is 4.28. The first-order valence-corrected chi connectivity index (χ1v) is 7.92. The predicted molar refractivity (Wildman–Crippen MR) is 82.9 cm³/mol. The van der Waals surface area contributed by atoms with Crippen LogP contribution >= 0.6 is 11.3 Å². The number of nitrogens with one attached hydrogen (secondary N) is 1. The van der Waals surface area contributed by atoms with Gasteiger partial charge in [0.2, 0.25) is 0 Å². The van der Waals surface area contributed by atoms with Gasteiger partial charge in [0.1, 0.15) is 0 Å². The number of piperidine rings is 1. The third kappa shape index (κ3) is 3.36. The molecular weight excluding hydrogens is 286 g/mol. The van der Waals surface area contributed by atoms with Gasteiger partial charge in [-0.1, -0.05) is 0 Å². The maximum Gasteiger partial charge on any atom is 0.277 e. The Morgan fingerprint density at radius 3 is 2.67 bits per heavy atom. The normalized spacial score (nSPS) is 15.0. The zero-order valence-electron chi connectivity index (χ0n) is 11.9. The Bertz CT molecular complexity index is 619. The molecule has 1 aliphatic rings. The van der Waals surface area contributed by atoms with E-state index in [2.05, 4.69) is 25.4 Å². The first kappa shape index (κ1) is 13.9. The molecule has 1 N–H and O–H groups in total. The lowest BCUT2D eigenvalue weighted by Gasteiger charge is -2.27. The Balaban J connectivity index is 1.67. The molecule has 0 radical (unpaired) electrons. The summed E-state index contributed by atoms with van der Waals surface area (Å²) in [7, 11) is 0. The second-order valence-corrected chi connectivity index (χ2v) is 5.93. The molecule has 0 atom stereocenters. The van der Waals surface area contributed by atoms with Crippen molar-refractivity contribution in [1.29, 1.82) is 0 Å². The number of thiazole rings is 1. The number of hydrogen-bond donors (Lipinski definition) is 1. The zero-order chi connectivity index (χ0) is 14.7. The summed E-state index contributed by atoms with van der Waals surface area (Å²) in [4.78, 5) is 18.5. The number of anilines is 2. The molecule has 1 fully saturated rings. The second-order valence-electron chi connectivity index (χ2n) is 5.07. The van der Waals surface area contributed by atoms with E-state index in [4.69, 9.17) is 0 Å². The van der Waals surface area contributed by atoms with Gasteiger partial charge in [0.05, 0.1) is 5.69 Å². The van der Waals surface area contributed by atoms with E-state index < -0.39 is 0 Å². The molecule has 2 aromatic heterocycles. The molecule has 110 valence electrons. The molecule has 21 heavy (non-hydrogen) atoms. The van der Waals surface area contributed by atoms with E-state index in [0.29, 0.717) is 10.8 Å². The fraction of sp³-hybridized carbons (Fsp3) is 0.429. The minimum absolute atomic E-state index is 0.276. The highest BCUT2D eigenvalue weighted by Gasteiger charge is 2.15. The fourth-order valence-corrected chi connectivity index (χ4v) is 2.99. The standard InChI is InChI=1S/C14H17N5OS/c1-10-9-21-14(15-10)16-13(20)11-5-6-12(18-17-11)19-7-3-2-4-8-19/h5-6,9H,2-4,7-8H2,1H3,(H,15,16,20). The van der Waals surface area contributed by atoms with Gasteiger partial charge in [0.15, 0.2) is 16.6 Å². The highest BCUT2D eigenvalue weighted by Crippen LogP contribution is 2.18. The highest BCUT2D eigenvalue weighted by atomic mass is 32.1. The topological polar surface area (TPSA) is 71.0 Å². The second kappa shape index (κ2) is 6.17. The highest BCUT2D eigenvalue weighted by molar-refractivity contribution is 7.13. The van der Waals surface area contributed by atoms with Crippen molar-refractivity contribution in [3.63, 3.8) is 0 Å². The molecule has 0 aromatic carbocycles. The van der Waals surface area contributed by atoms with Gasteiger partial charge < -0.3 is 4.90 Å². The Kier molecular flexibility index (Phi) is 4.10. The molecule has 2 aromatic rings. The van der Waals surface area contributed by atoms with Crippen molar-refractivity contribution in [2.24, 2.45) is 0 Å². The lowest BCUT2D eigenvalue weighted by atomic mass is 10.1. The summed E-state index contributed by atoms with van der Waals surface area (Å²) in [6.45, 7) is 3.91. The summed E-state index contributed by atoms with van der Waals surface area (Å²) in [5.74, 6) is 0.568. The van der Waals surface area contributed by atoms with Crippen LogP contribution in [0.15, 0.2) is 17.5 Å². The number of hydrogen-bond acceptors (Lipinski definition) is 6. The van der Waals surface area contributed by atoms with Crippen LogP contribution in [0, 0.1) is 6.92 Å². The summed E-state index contributed by atoms with van der Waals surface area (Å²) in [6.07, 6.45) is 3.65. The van der Waals surface area contributed by atoms with Crippen molar-refractivity contribution < 1.29 is 4.79 Å². The van der Waals surface area contributed by atoms with Crippen LogP contribution in [0.4, 0.5) is 10.9 Å². The van der Waals surface area contributed by atoms with E-state index in [-0.39, 0.29) is 5.91 Å². The maximum atomic E-state index is 12.1. The third-order valence-electron chi connectivity index (χ3n) is 3.40. The average molecular weight is 303 g/mol. The molecule has 1 aliphatic heterocycles. The van der Waals surface area contributed by atoms with Crippen molar-refractivity contribution in [3.8, 4) is 0 Å². The minimum Gasteiger partial charge on any atom is -0.355 e. The monoisotopic (exact) mass is 303 g/mol. The quantitative estimate of drug-likeness (QED) is 0.943. The Labute approximate surface area is 127 Å². The van der Waals surface area contributed by atoms with Gasteiger partial charge in [0, 0.05) is 18.5 Å². The van der Waals surface area contributed by atoms with E-state index in [1.165, 1.54) is 30.6 Å². The van der Waals surface area contributed by atoms with Gasteiger partial charge in [-0.3, -0.25) is 10.1 Å². The summed E-state index contributed by atoms with van der Waals surface area (Å²) in [6, 6.07) is 3.58. The van der Waals surface area contributed by atoms with Gasteiger partial charge in [0.25, 0.3) is 5.91 Å². The SMILES string of the molecule is Cc1csc(NC(=O)c2ccc(N3CCCCC3)nn2)n1. The largest absolute Gasteiger partial charge is 0.355 e. The molecule has 7 heteroatoms. The Hall–Kier alpha value is -2.02. The number of nitrogens with zero attached hydrogens (tertiary/aromatic N) is 4. The molecule has 3 rings (SSSR count). The molecule has 0 unspecified atom stereocenters. The van der Waals surface area contributed by atoms with Crippen LogP contribution < -0.4 is 10.2 Å². The molecule has 0 spiro atoms. The van der Waals surface area contributed by atoms with Crippen LogP contribution in [0.1, 0.15) is 35.4 Å². The Morgan fingerprint density at radius 2 is 2.05 bits per heavy atom. The fourth-order valence-electron chi connectivity index (χ4n) is 2.31. The average Bonchev–Trinajstić information content (AvgIpc) is 2.93. The van der Waals surface area contributed by atoms with Crippen LogP contribution in [0.25, 0.3) is 0 Å². The summed E-state index contributed by atoms with van der Waals surface area (Å²) >= 11 is 1.40. The van der Waals surface area contributed by atoms with Crippen LogP contribution in [0.2, 0.25) is 0 Å². The van der Waals surface area contributed by atoms with Crippen LogP contribution in [0.3, 0.4) is 0 Å². The maximum absolute atomic E-state index is 12.1. The number of amides is 1. The van der Waals surface area contributed by atoms with E-state index in [1.54, 1.807) is 6.07 Å². The summed E-state index contributed by atoms with van der Waals surface area (Å²) < 4.78 is 0. The van der Waals surface area contributed by atoms with Crippen LogP contribution in [-0.4, -0.2) is 34.2 Å². The molecular formula is C14H17N5OS. The van der Waals surface area contributed by atoms with Crippen molar-refractivity contribution in [1.82, 2.24) is 15.2 Å². The van der Waals surface area contributed by atoms with Crippen LogP contribution in [-0.2, 0) is 0 Å². The number of carbonyl (C=O) groups excluding carboxylic acids is 1. The lowest BCUT2D eigenvalue weighted by Crippen LogP contribution is -2.30. The van der Waals surface area contributed by atoms with Gasteiger partial charge in [-0.15, -0.1) is 21.5 Å². The number of rotatable bonds is 3. The minimum atomic E-state index is -0.276. The van der Waals surface area contributed by atoms with E-state index in [1.807, 2.05) is 18.4 Å². The van der Waals surface area contributed by atoms with Gasteiger partial charge in [-0.2, -0.15) is 0 Å².